The fraction of sp³-hybridized carbons (Fsp3) is 0. The Morgan fingerprint density at radius 2 is 2.38 bits per heavy atom. The fourth-order valence-electron chi connectivity index (χ4n) is 0.961. The average Bonchev–Trinajstić information content (AvgIpc) is 2.75. The van der Waals surface area contributed by atoms with Crippen molar-refractivity contribution < 1.29 is 4.92 Å². The molecule has 2 rings (SSSR count). The van der Waals surface area contributed by atoms with E-state index in [1.54, 1.807) is 18.6 Å². The van der Waals surface area contributed by atoms with Crippen LogP contribution in [-0.2, 0) is 0 Å². The van der Waals surface area contributed by atoms with Crippen molar-refractivity contribution in [3.05, 3.63) is 34.8 Å². The van der Waals surface area contributed by atoms with Crippen molar-refractivity contribution in [2.75, 3.05) is 0 Å². The van der Waals surface area contributed by atoms with E-state index in [1.165, 1.54) is 6.07 Å². The molecule has 1 N–H and O–H groups in total. The largest absolute Gasteiger partial charge is 0.344 e. The highest BCUT2D eigenvalue weighted by Gasteiger charge is 2.11. The fourth-order valence-corrected chi connectivity index (χ4v) is 1.75. The van der Waals surface area contributed by atoms with E-state index >= 15 is 0 Å². The van der Waals surface area contributed by atoms with E-state index in [2.05, 4.69) is 9.97 Å². The summed E-state index contributed by atoms with van der Waals surface area (Å²) in [5.41, 5.74) is 0.804. The second kappa shape index (κ2) is 2.98. The van der Waals surface area contributed by atoms with Crippen molar-refractivity contribution in [3.63, 3.8) is 0 Å². The lowest BCUT2D eigenvalue weighted by molar-refractivity contribution is -0.380. The quantitative estimate of drug-likeness (QED) is 0.588. The van der Waals surface area contributed by atoms with Gasteiger partial charge in [0, 0.05) is 6.07 Å². The van der Waals surface area contributed by atoms with E-state index in [0.29, 0.717) is 0 Å². The summed E-state index contributed by atoms with van der Waals surface area (Å²) in [7, 11) is 0. The third-order valence-corrected chi connectivity index (χ3v) is 2.61. The summed E-state index contributed by atoms with van der Waals surface area (Å²) >= 11 is 1.13. The molecule has 0 aromatic carbocycles. The van der Waals surface area contributed by atoms with Crippen LogP contribution in [0.25, 0.3) is 10.6 Å². The zero-order valence-corrected chi connectivity index (χ0v) is 7.25. The predicted molar refractivity (Wildman–Crippen MR) is 48.6 cm³/mol. The van der Waals surface area contributed by atoms with E-state index in [9.17, 15) is 10.1 Å². The van der Waals surface area contributed by atoms with Crippen LogP contribution in [0.1, 0.15) is 0 Å². The number of hydrogen-bond acceptors (Lipinski definition) is 4. The maximum atomic E-state index is 10.4. The molecule has 6 heteroatoms. The average molecular weight is 195 g/mol. The van der Waals surface area contributed by atoms with Crippen molar-refractivity contribution >= 4 is 16.3 Å². The van der Waals surface area contributed by atoms with Crippen molar-refractivity contribution in [3.8, 4) is 10.6 Å². The van der Waals surface area contributed by atoms with Gasteiger partial charge < -0.3 is 4.98 Å². The molecule has 0 amide bonds. The first kappa shape index (κ1) is 7.93. The predicted octanol–water partition coefficient (Wildman–Crippen LogP) is 2.05. The number of imidazole rings is 1. The molecule has 0 atom stereocenters. The first-order valence-electron chi connectivity index (χ1n) is 3.50. The summed E-state index contributed by atoms with van der Waals surface area (Å²) in [5, 5.41) is 10.5. The monoisotopic (exact) mass is 195 g/mol. The van der Waals surface area contributed by atoms with Crippen LogP contribution < -0.4 is 0 Å². The van der Waals surface area contributed by atoms with Crippen LogP contribution in [-0.4, -0.2) is 14.9 Å². The van der Waals surface area contributed by atoms with E-state index in [4.69, 9.17) is 0 Å². The lowest BCUT2D eigenvalue weighted by Crippen LogP contribution is -1.80. The number of aromatic amines is 1. The normalized spacial score (nSPS) is 10.2. The molecule has 2 heterocycles. The maximum absolute atomic E-state index is 10.4. The standard InChI is InChI=1S/C7H5N3O2S/c11-10(12)7-2-1-6(13-7)5-3-8-4-9-5/h1-4H,(H,8,9). The summed E-state index contributed by atoms with van der Waals surface area (Å²) in [5.74, 6) is 0. The van der Waals surface area contributed by atoms with E-state index in [1.807, 2.05) is 0 Å². The molecule has 2 aromatic heterocycles. The number of nitrogens with one attached hydrogen (secondary N) is 1. The summed E-state index contributed by atoms with van der Waals surface area (Å²) in [6, 6.07) is 3.19. The number of H-pyrrole nitrogens is 1. The number of hydrogen-bond donors (Lipinski definition) is 1. The highest BCUT2D eigenvalue weighted by molar-refractivity contribution is 7.18. The molecule has 0 aliphatic rings. The Morgan fingerprint density at radius 1 is 1.54 bits per heavy atom. The summed E-state index contributed by atoms with van der Waals surface area (Å²) in [4.78, 5) is 17.5. The lowest BCUT2D eigenvalue weighted by Gasteiger charge is -1.85. The van der Waals surface area contributed by atoms with Crippen molar-refractivity contribution in [2.24, 2.45) is 0 Å². The van der Waals surface area contributed by atoms with Crippen LogP contribution in [0.3, 0.4) is 0 Å². The topological polar surface area (TPSA) is 71.8 Å². The SMILES string of the molecule is O=[N+]([O-])c1ccc(-c2cnc[nH]2)s1. The van der Waals surface area contributed by atoms with Gasteiger partial charge in [0.2, 0.25) is 0 Å². The zero-order chi connectivity index (χ0) is 9.26. The Morgan fingerprint density at radius 3 is 2.92 bits per heavy atom. The Balaban J connectivity index is 2.39. The molecule has 0 radical (unpaired) electrons. The molecular formula is C7H5N3O2S. The third-order valence-electron chi connectivity index (χ3n) is 1.54. The molecule has 0 unspecified atom stereocenters. The second-order valence-corrected chi connectivity index (χ2v) is 3.42. The molecule has 0 saturated carbocycles. The summed E-state index contributed by atoms with van der Waals surface area (Å²) in [6.45, 7) is 0. The molecule has 13 heavy (non-hydrogen) atoms. The van der Waals surface area contributed by atoms with E-state index in [0.717, 1.165) is 21.9 Å². The maximum Gasteiger partial charge on any atom is 0.324 e. The van der Waals surface area contributed by atoms with Crippen LogP contribution in [0.2, 0.25) is 0 Å². The Kier molecular flexibility index (Phi) is 1.82. The molecule has 66 valence electrons. The van der Waals surface area contributed by atoms with Crippen LogP contribution in [0.15, 0.2) is 24.7 Å². The molecule has 0 fully saturated rings. The third kappa shape index (κ3) is 1.43. The van der Waals surface area contributed by atoms with Crippen LogP contribution in [0.5, 0.6) is 0 Å². The molecule has 5 nitrogen and oxygen atoms in total. The van der Waals surface area contributed by atoms with Gasteiger partial charge in [-0.3, -0.25) is 10.1 Å². The van der Waals surface area contributed by atoms with E-state index in [-0.39, 0.29) is 5.00 Å². The minimum Gasteiger partial charge on any atom is -0.344 e. The Bertz CT molecular complexity index is 421. The molecule has 0 spiro atoms. The number of aromatic nitrogens is 2. The molecular weight excluding hydrogens is 190 g/mol. The van der Waals surface area contributed by atoms with Crippen molar-refractivity contribution in [2.45, 2.75) is 0 Å². The molecule has 0 saturated heterocycles. The highest BCUT2D eigenvalue weighted by atomic mass is 32.1. The molecule has 0 aliphatic heterocycles. The Hall–Kier alpha value is -1.69. The van der Waals surface area contributed by atoms with Crippen molar-refractivity contribution in [1.82, 2.24) is 9.97 Å². The Labute approximate surface area is 77.2 Å². The van der Waals surface area contributed by atoms with Gasteiger partial charge in [-0.1, -0.05) is 11.3 Å². The van der Waals surface area contributed by atoms with Gasteiger partial charge in [0.1, 0.15) is 0 Å². The first-order chi connectivity index (χ1) is 6.27. The smallest absolute Gasteiger partial charge is 0.324 e. The molecule has 2 aromatic rings. The van der Waals surface area contributed by atoms with Gasteiger partial charge in [0.15, 0.2) is 0 Å². The minimum atomic E-state index is -0.398. The highest BCUT2D eigenvalue weighted by Crippen LogP contribution is 2.30. The van der Waals surface area contributed by atoms with Crippen LogP contribution in [0, 0.1) is 10.1 Å². The number of rotatable bonds is 2. The van der Waals surface area contributed by atoms with E-state index < -0.39 is 4.92 Å². The second-order valence-electron chi connectivity index (χ2n) is 2.36. The number of nitro groups is 1. The summed E-state index contributed by atoms with van der Waals surface area (Å²) < 4.78 is 0. The zero-order valence-electron chi connectivity index (χ0n) is 6.43. The van der Waals surface area contributed by atoms with Gasteiger partial charge in [0.05, 0.1) is 28.0 Å². The molecule has 0 aliphatic carbocycles. The number of thiophene rings is 1. The van der Waals surface area contributed by atoms with Gasteiger partial charge in [-0.25, -0.2) is 4.98 Å². The minimum absolute atomic E-state index is 0.143. The lowest BCUT2D eigenvalue weighted by atomic mass is 10.4. The van der Waals surface area contributed by atoms with Gasteiger partial charge in [-0.2, -0.15) is 0 Å². The number of nitrogens with zero attached hydrogens (tertiary/aromatic N) is 2. The summed E-state index contributed by atoms with van der Waals surface area (Å²) in [6.07, 6.45) is 3.18. The van der Waals surface area contributed by atoms with Crippen LogP contribution in [0.4, 0.5) is 5.00 Å². The van der Waals surface area contributed by atoms with Crippen LogP contribution >= 0.6 is 11.3 Å². The van der Waals surface area contributed by atoms with Crippen molar-refractivity contribution in [1.29, 1.82) is 0 Å². The molecule has 0 bridgehead atoms. The van der Waals surface area contributed by atoms with Gasteiger partial charge in [0.25, 0.3) is 0 Å². The van der Waals surface area contributed by atoms with Gasteiger partial charge in [-0.15, -0.1) is 0 Å². The first-order valence-corrected chi connectivity index (χ1v) is 4.32. The van der Waals surface area contributed by atoms with Gasteiger partial charge >= 0.3 is 5.00 Å². The van der Waals surface area contributed by atoms with Gasteiger partial charge in [-0.05, 0) is 6.07 Å².